The van der Waals surface area contributed by atoms with Crippen molar-refractivity contribution >= 4 is 17.5 Å². The third-order valence-electron chi connectivity index (χ3n) is 4.85. The SMILES string of the molecule is COC1=CC(=O)c2c(c(CO)c(C)n2C(CCOCCOCCN=[N+]=[N-])C(N)=O)C1=O. The summed E-state index contributed by atoms with van der Waals surface area (Å²) in [5.41, 5.74) is 14.4. The van der Waals surface area contributed by atoms with Gasteiger partial charge in [0.1, 0.15) is 11.7 Å². The molecule has 3 N–H and O–H groups in total. The lowest BCUT2D eigenvalue weighted by Gasteiger charge is -2.21. The highest BCUT2D eigenvalue weighted by atomic mass is 16.5. The molecule has 1 atom stereocenters. The number of methoxy groups -OCH3 is 1. The van der Waals surface area contributed by atoms with Gasteiger partial charge in [-0.05, 0) is 12.5 Å². The van der Waals surface area contributed by atoms with Crippen LogP contribution >= 0.6 is 0 Å². The molecule has 0 aromatic carbocycles. The van der Waals surface area contributed by atoms with Crippen molar-refractivity contribution < 1.29 is 33.7 Å². The van der Waals surface area contributed by atoms with Crippen LogP contribution in [-0.2, 0) is 25.6 Å². The molecule has 1 heterocycles. The number of Topliss-reactive ketones (excluding diaryl/α,β-unsaturated/α-hetero) is 1. The Hall–Kier alpha value is -3.18. The van der Waals surface area contributed by atoms with Crippen LogP contribution in [0.3, 0.4) is 0 Å². The molecule has 0 saturated heterocycles. The molecule has 1 aromatic rings. The number of ketones is 2. The Kier molecular flexibility index (Phi) is 8.76. The van der Waals surface area contributed by atoms with Crippen LogP contribution in [0.1, 0.15) is 44.6 Å². The summed E-state index contributed by atoms with van der Waals surface area (Å²) in [4.78, 5) is 40.2. The molecule has 1 amide bonds. The predicted octanol–water partition coefficient (Wildman–Crippen LogP) is 0.958. The summed E-state index contributed by atoms with van der Waals surface area (Å²) in [6.07, 6.45) is 1.20. The van der Waals surface area contributed by atoms with E-state index in [9.17, 15) is 19.5 Å². The van der Waals surface area contributed by atoms with Crippen molar-refractivity contribution in [1.82, 2.24) is 4.57 Å². The van der Waals surface area contributed by atoms with E-state index in [-0.39, 0.29) is 62.0 Å². The summed E-state index contributed by atoms with van der Waals surface area (Å²) >= 11 is 0. The van der Waals surface area contributed by atoms with E-state index in [1.165, 1.54) is 11.7 Å². The number of fused-ring (bicyclic) bond motifs is 1. The van der Waals surface area contributed by atoms with Crippen molar-refractivity contribution in [2.75, 3.05) is 40.1 Å². The molecule has 1 aromatic heterocycles. The number of rotatable bonds is 13. The van der Waals surface area contributed by atoms with Gasteiger partial charge in [-0.1, -0.05) is 5.11 Å². The zero-order chi connectivity index (χ0) is 23.0. The first-order chi connectivity index (χ1) is 14.9. The Morgan fingerprint density at radius 1 is 1.29 bits per heavy atom. The minimum atomic E-state index is -0.964. The van der Waals surface area contributed by atoms with Gasteiger partial charge < -0.3 is 29.6 Å². The van der Waals surface area contributed by atoms with Crippen LogP contribution in [0.5, 0.6) is 0 Å². The van der Waals surface area contributed by atoms with E-state index in [2.05, 4.69) is 10.0 Å². The molecule has 0 fully saturated rings. The maximum atomic E-state index is 12.7. The lowest BCUT2D eigenvalue weighted by Crippen LogP contribution is -2.31. The van der Waals surface area contributed by atoms with Gasteiger partial charge in [-0.25, -0.2) is 0 Å². The number of hydrogen-bond acceptors (Lipinski definition) is 8. The topological polar surface area (TPSA) is 179 Å². The maximum absolute atomic E-state index is 12.7. The smallest absolute Gasteiger partial charge is 0.240 e. The monoisotopic (exact) mass is 435 g/mol. The fourth-order valence-electron chi connectivity index (χ4n) is 3.42. The van der Waals surface area contributed by atoms with Crippen molar-refractivity contribution in [3.63, 3.8) is 0 Å². The molecule has 0 radical (unpaired) electrons. The van der Waals surface area contributed by atoms with E-state index in [0.717, 1.165) is 6.08 Å². The number of nitrogens with two attached hydrogens (primary N) is 1. The van der Waals surface area contributed by atoms with Crippen LogP contribution in [0.25, 0.3) is 10.4 Å². The number of ether oxygens (including phenoxy) is 3. The summed E-state index contributed by atoms with van der Waals surface area (Å²) in [5.74, 6) is -1.90. The first-order valence-electron chi connectivity index (χ1n) is 9.53. The Morgan fingerprint density at radius 3 is 2.55 bits per heavy atom. The minimum Gasteiger partial charge on any atom is -0.492 e. The second kappa shape index (κ2) is 11.3. The lowest BCUT2D eigenvalue weighted by atomic mass is 9.96. The molecule has 1 aliphatic carbocycles. The normalized spacial score (nSPS) is 14.0. The molecule has 168 valence electrons. The molecule has 0 bridgehead atoms. The molecule has 1 unspecified atom stereocenters. The molecular weight excluding hydrogens is 410 g/mol. The van der Waals surface area contributed by atoms with Crippen molar-refractivity contribution in [2.45, 2.75) is 26.0 Å². The molecule has 1 aliphatic rings. The summed E-state index contributed by atoms with van der Waals surface area (Å²) in [5, 5.41) is 13.1. The van der Waals surface area contributed by atoms with Crippen molar-refractivity contribution in [3.8, 4) is 0 Å². The number of aliphatic hydroxyl groups excluding tert-OH is 1. The minimum absolute atomic E-state index is 0.00229. The number of aromatic nitrogens is 1. The van der Waals surface area contributed by atoms with E-state index in [4.69, 9.17) is 25.5 Å². The number of carbonyl (C=O) groups excluding carboxylic acids is 3. The summed E-state index contributed by atoms with van der Waals surface area (Å²) in [7, 11) is 1.27. The molecule has 12 nitrogen and oxygen atoms in total. The number of primary amides is 1. The quantitative estimate of drug-likeness (QED) is 0.200. The van der Waals surface area contributed by atoms with E-state index >= 15 is 0 Å². The number of allylic oxidation sites excluding steroid dienone is 2. The second-order valence-electron chi connectivity index (χ2n) is 6.61. The van der Waals surface area contributed by atoms with Crippen LogP contribution in [0.15, 0.2) is 16.9 Å². The lowest BCUT2D eigenvalue weighted by molar-refractivity contribution is -0.121. The van der Waals surface area contributed by atoms with Gasteiger partial charge in [0.05, 0.1) is 39.1 Å². The van der Waals surface area contributed by atoms with Crippen molar-refractivity contribution in [3.05, 3.63) is 44.8 Å². The van der Waals surface area contributed by atoms with Gasteiger partial charge in [-0.15, -0.1) is 0 Å². The highest BCUT2D eigenvalue weighted by Gasteiger charge is 2.37. The average molecular weight is 435 g/mol. The molecular formula is C19H25N5O7. The first-order valence-corrected chi connectivity index (χ1v) is 9.53. The van der Waals surface area contributed by atoms with Crippen LogP contribution in [0, 0.1) is 6.92 Å². The Balaban J connectivity index is 2.16. The number of hydrogen-bond donors (Lipinski definition) is 2. The summed E-state index contributed by atoms with van der Waals surface area (Å²) in [6.45, 7) is 2.24. The second-order valence-corrected chi connectivity index (χ2v) is 6.61. The zero-order valence-electron chi connectivity index (χ0n) is 17.4. The first kappa shape index (κ1) is 24.1. The van der Waals surface area contributed by atoms with Crippen molar-refractivity contribution in [1.29, 1.82) is 0 Å². The number of amides is 1. The van der Waals surface area contributed by atoms with Crippen LogP contribution < -0.4 is 5.73 Å². The Morgan fingerprint density at radius 2 is 1.97 bits per heavy atom. The summed E-state index contributed by atoms with van der Waals surface area (Å²) in [6, 6.07) is -0.964. The van der Waals surface area contributed by atoms with E-state index in [0.29, 0.717) is 5.69 Å². The van der Waals surface area contributed by atoms with Gasteiger partial charge in [-0.2, -0.15) is 0 Å². The van der Waals surface area contributed by atoms with Crippen LogP contribution in [0.4, 0.5) is 0 Å². The molecule has 12 heteroatoms. The van der Waals surface area contributed by atoms with E-state index in [1.807, 2.05) is 0 Å². The summed E-state index contributed by atoms with van der Waals surface area (Å²) < 4.78 is 17.0. The number of aliphatic hydroxyl groups is 1. The third-order valence-corrected chi connectivity index (χ3v) is 4.85. The number of nitrogens with zero attached hydrogens (tertiary/aromatic N) is 4. The number of azide groups is 1. The highest BCUT2D eigenvalue weighted by Crippen LogP contribution is 2.33. The average Bonchev–Trinajstić information content (AvgIpc) is 3.04. The van der Waals surface area contributed by atoms with Gasteiger partial charge in [-0.3, -0.25) is 14.4 Å². The van der Waals surface area contributed by atoms with Gasteiger partial charge in [0.15, 0.2) is 5.76 Å². The Labute approximate surface area is 178 Å². The van der Waals surface area contributed by atoms with E-state index < -0.39 is 30.1 Å². The largest absolute Gasteiger partial charge is 0.492 e. The molecule has 0 saturated carbocycles. The van der Waals surface area contributed by atoms with Gasteiger partial charge in [0.25, 0.3) is 0 Å². The standard InChI is InChI=1S/C19H25N5O7/c1-11-12(10-25)16-17(14(26)9-15(29-2)18(16)27)24(11)13(19(20)28)3-5-30-7-8-31-6-4-22-23-21/h9,13,25H,3-8,10H2,1-2H3,(H2,20,28). The number of carbonyl (C=O) groups is 3. The fourth-order valence-corrected chi connectivity index (χ4v) is 3.42. The van der Waals surface area contributed by atoms with Gasteiger partial charge in [0.2, 0.25) is 17.5 Å². The fraction of sp³-hybridized carbons (Fsp3) is 0.526. The van der Waals surface area contributed by atoms with Crippen LogP contribution in [0.2, 0.25) is 0 Å². The Bertz CT molecular complexity index is 931. The predicted molar refractivity (Wildman–Crippen MR) is 107 cm³/mol. The molecule has 0 spiro atoms. The van der Waals surface area contributed by atoms with E-state index in [1.54, 1.807) is 6.92 Å². The molecule has 0 aliphatic heterocycles. The highest BCUT2D eigenvalue weighted by molar-refractivity contribution is 6.24. The van der Waals surface area contributed by atoms with Gasteiger partial charge >= 0.3 is 0 Å². The van der Waals surface area contributed by atoms with Crippen LogP contribution in [-0.4, -0.2) is 67.2 Å². The third kappa shape index (κ3) is 5.30. The zero-order valence-corrected chi connectivity index (χ0v) is 17.4. The van der Waals surface area contributed by atoms with Crippen molar-refractivity contribution in [2.24, 2.45) is 10.8 Å². The molecule has 31 heavy (non-hydrogen) atoms. The molecule has 2 rings (SSSR count). The maximum Gasteiger partial charge on any atom is 0.240 e. The van der Waals surface area contributed by atoms with Gasteiger partial charge in [0, 0.05) is 41.8 Å².